The minimum absolute atomic E-state index is 0.276. The van der Waals surface area contributed by atoms with Crippen LogP contribution in [-0.2, 0) is 4.74 Å². The average molecular weight is 243 g/mol. The molecule has 1 atom stereocenters. The zero-order valence-electron chi connectivity index (χ0n) is 12.6. The first-order valence-electron chi connectivity index (χ1n) is 7.33. The Morgan fingerprint density at radius 2 is 1.71 bits per heavy atom. The summed E-state index contributed by atoms with van der Waals surface area (Å²) < 4.78 is 5.80. The second-order valence-electron chi connectivity index (χ2n) is 6.01. The summed E-state index contributed by atoms with van der Waals surface area (Å²) in [5.41, 5.74) is 0.276. The van der Waals surface area contributed by atoms with Crippen LogP contribution in [0.15, 0.2) is 0 Å². The van der Waals surface area contributed by atoms with Crippen LogP contribution in [-0.4, -0.2) is 25.8 Å². The lowest BCUT2D eigenvalue weighted by molar-refractivity contribution is 0.0731. The van der Waals surface area contributed by atoms with Crippen molar-refractivity contribution in [2.75, 3.05) is 19.8 Å². The molecule has 0 heterocycles. The Labute approximate surface area is 109 Å². The zero-order valence-corrected chi connectivity index (χ0v) is 12.6. The molecular weight excluding hydrogens is 210 g/mol. The van der Waals surface area contributed by atoms with Crippen LogP contribution in [0, 0.1) is 5.41 Å². The molecule has 0 saturated carbocycles. The molecule has 0 aliphatic rings. The molecule has 1 N–H and O–H groups in total. The van der Waals surface area contributed by atoms with E-state index in [1.807, 2.05) is 0 Å². The fourth-order valence-electron chi connectivity index (χ4n) is 1.77. The van der Waals surface area contributed by atoms with Gasteiger partial charge in [0, 0.05) is 12.6 Å². The molecule has 104 valence electrons. The molecule has 0 aromatic heterocycles. The van der Waals surface area contributed by atoms with Crippen molar-refractivity contribution in [2.24, 2.45) is 5.41 Å². The van der Waals surface area contributed by atoms with Gasteiger partial charge in [-0.05, 0) is 24.8 Å². The third-order valence-corrected chi connectivity index (χ3v) is 3.11. The third-order valence-electron chi connectivity index (χ3n) is 3.11. The maximum atomic E-state index is 5.80. The Hall–Kier alpha value is -0.0800. The van der Waals surface area contributed by atoms with Crippen LogP contribution in [0.3, 0.4) is 0 Å². The standard InChI is InChI=1S/C15H33NO/c1-6-8-9-10-12-17-13-14(15(3,4)5)16-11-7-2/h14,16H,6-13H2,1-5H3. The maximum absolute atomic E-state index is 5.80. The van der Waals surface area contributed by atoms with Crippen LogP contribution >= 0.6 is 0 Å². The van der Waals surface area contributed by atoms with E-state index in [2.05, 4.69) is 39.9 Å². The second kappa shape index (κ2) is 9.90. The average Bonchev–Trinajstić information content (AvgIpc) is 2.25. The normalized spacial score (nSPS) is 13.9. The molecule has 2 nitrogen and oxygen atoms in total. The van der Waals surface area contributed by atoms with E-state index in [9.17, 15) is 0 Å². The summed E-state index contributed by atoms with van der Waals surface area (Å²) in [6.45, 7) is 14.1. The van der Waals surface area contributed by atoms with Gasteiger partial charge in [-0.25, -0.2) is 0 Å². The molecule has 0 aromatic rings. The Kier molecular flexibility index (Phi) is 9.85. The largest absolute Gasteiger partial charge is 0.380 e. The monoisotopic (exact) mass is 243 g/mol. The number of ether oxygens (including phenoxy) is 1. The summed E-state index contributed by atoms with van der Waals surface area (Å²) in [7, 11) is 0. The smallest absolute Gasteiger partial charge is 0.0624 e. The van der Waals surface area contributed by atoms with Crippen molar-refractivity contribution in [3.63, 3.8) is 0 Å². The van der Waals surface area contributed by atoms with Crippen molar-refractivity contribution >= 4 is 0 Å². The first-order valence-corrected chi connectivity index (χ1v) is 7.33. The topological polar surface area (TPSA) is 21.3 Å². The van der Waals surface area contributed by atoms with Gasteiger partial charge in [0.1, 0.15) is 0 Å². The summed E-state index contributed by atoms with van der Waals surface area (Å²) in [5.74, 6) is 0. The van der Waals surface area contributed by atoms with Crippen LogP contribution < -0.4 is 5.32 Å². The molecule has 0 aliphatic carbocycles. The maximum Gasteiger partial charge on any atom is 0.0624 e. The Balaban J connectivity index is 3.69. The fraction of sp³-hybridized carbons (Fsp3) is 1.00. The highest BCUT2D eigenvalue weighted by Crippen LogP contribution is 2.19. The van der Waals surface area contributed by atoms with Crippen LogP contribution in [0.4, 0.5) is 0 Å². The van der Waals surface area contributed by atoms with Crippen molar-refractivity contribution in [2.45, 2.75) is 72.8 Å². The number of hydrogen-bond donors (Lipinski definition) is 1. The van der Waals surface area contributed by atoms with Gasteiger partial charge < -0.3 is 10.1 Å². The highest BCUT2D eigenvalue weighted by atomic mass is 16.5. The molecule has 1 unspecified atom stereocenters. The quantitative estimate of drug-likeness (QED) is 0.586. The molecule has 0 bridgehead atoms. The van der Waals surface area contributed by atoms with Crippen LogP contribution in [0.25, 0.3) is 0 Å². The lowest BCUT2D eigenvalue weighted by Gasteiger charge is -2.31. The summed E-state index contributed by atoms with van der Waals surface area (Å²) in [6, 6.07) is 0.466. The van der Waals surface area contributed by atoms with E-state index in [1.54, 1.807) is 0 Å². The Morgan fingerprint density at radius 1 is 1.00 bits per heavy atom. The van der Waals surface area contributed by atoms with Gasteiger partial charge in [-0.2, -0.15) is 0 Å². The molecule has 0 saturated heterocycles. The van der Waals surface area contributed by atoms with E-state index >= 15 is 0 Å². The van der Waals surface area contributed by atoms with Crippen molar-refractivity contribution in [1.82, 2.24) is 5.32 Å². The third kappa shape index (κ3) is 9.61. The van der Waals surface area contributed by atoms with Crippen molar-refractivity contribution in [3.05, 3.63) is 0 Å². The van der Waals surface area contributed by atoms with E-state index in [-0.39, 0.29) is 5.41 Å². The summed E-state index contributed by atoms with van der Waals surface area (Å²) in [4.78, 5) is 0. The highest BCUT2D eigenvalue weighted by molar-refractivity contribution is 4.80. The molecule has 0 rings (SSSR count). The molecule has 17 heavy (non-hydrogen) atoms. The van der Waals surface area contributed by atoms with Gasteiger partial charge >= 0.3 is 0 Å². The van der Waals surface area contributed by atoms with Crippen LogP contribution in [0.5, 0.6) is 0 Å². The van der Waals surface area contributed by atoms with Crippen molar-refractivity contribution < 1.29 is 4.74 Å². The molecule has 0 aliphatic heterocycles. The van der Waals surface area contributed by atoms with E-state index in [0.29, 0.717) is 6.04 Å². The number of unbranched alkanes of at least 4 members (excludes halogenated alkanes) is 3. The van der Waals surface area contributed by atoms with E-state index in [1.165, 1.54) is 32.1 Å². The Morgan fingerprint density at radius 3 is 2.24 bits per heavy atom. The second-order valence-corrected chi connectivity index (χ2v) is 6.01. The lowest BCUT2D eigenvalue weighted by Crippen LogP contribution is -2.44. The number of nitrogens with one attached hydrogen (secondary N) is 1. The van der Waals surface area contributed by atoms with Gasteiger partial charge in [0.15, 0.2) is 0 Å². The summed E-state index contributed by atoms with van der Waals surface area (Å²) in [5, 5.41) is 3.59. The number of rotatable bonds is 10. The Bertz CT molecular complexity index is 163. The first kappa shape index (κ1) is 16.9. The molecule has 0 amide bonds. The molecule has 0 spiro atoms. The first-order chi connectivity index (χ1) is 8.02. The number of hydrogen-bond acceptors (Lipinski definition) is 2. The van der Waals surface area contributed by atoms with Gasteiger partial charge in [0.2, 0.25) is 0 Å². The molecule has 2 heteroatoms. The minimum atomic E-state index is 0.276. The zero-order chi connectivity index (χ0) is 13.1. The highest BCUT2D eigenvalue weighted by Gasteiger charge is 2.23. The van der Waals surface area contributed by atoms with Gasteiger partial charge in [-0.3, -0.25) is 0 Å². The van der Waals surface area contributed by atoms with E-state index in [0.717, 1.165) is 19.8 Å². The fourth-order valence-corrected chi connectivity index (χ4v) is 1.77. The van der Waals surface area contributed by atoms with Gasteiger partial charge in [0.25, 0.3) is 0 Å². The predicted octanol–water partition coefficient (Wildman–Crippen LogP) is 4.00. The molecule has 0 aromatic carbocycles. The summed E-state index contributed by atoms with van der Waals surface area (Å²) >= 11 is 0. The lowest BCUT2D eigenvalue weighted by atomic mass is 9.87. The van der Waals surface area contributed by atoms with Gasteiger partial charge in [-0.15, -0.1) is 0 Å². The van der Waals surface area contributed by atoms with Gasteiger partial charge in [-0.1, -0.05) is 53.9 Å². The van der Waals surface area contributed by atoms with Crippen LogP contribution in [0.1, 0.15) is 66.7 Å². The SMILES string of the molecule is CCCCCCOCC(NCCC)C(C)(C)C. The van der Waals surface area contributed by atoms with Crippen molar-refractivity contribution in [3.8, 4) is 0 Å². The molecule has 0 fully saturated rings. The van der Waals surface area contributed by atoms with Crippen LogP contribution in [0.2, 0.25) is 0 Å². The molecule has 0 radical (unpaired) electrons. The van der Waals surface area contributed by atoms with Crippen molar-refractivity contribution in [1.29, 1.82) is 0 Å². The van der Waals surface area contributed by atoms with Gasteiger partial charge in [0.05, 0.1) is 6.61 Å². The van der Waals surface area contributed by atoms with E-state index in [4.69, 9.17) is 4.74 Å². The van der Waals surface area contributed by atoms with E-state index < -0.39 is 0 Å². The summed E-state index contributed by atoms with van der Waals surface area (Å²) in [6.07, 6.45) is 6.32. The molecular formula is C15H33NO. The predicted molar refractivity (Wildman–Crippen MR) is 76.5 cm³/mol. The minimum Gasteiger partial charge on any atom is -0.380 e.